The van der Waals surface area contributed by atoms with E-state index in [1.807, 2.05) is 0 Å². The van der Waals surface area contributed by atoms with Crippen molar-refractivity contribution >= 4 is 6.16 Å². The van der Waals surface area contributed by atoms with Gasteiger partial charge in [0.15, 0.2) is 0 Å². The number of rotatable bonds is 0. The molecule has 3 nitrogen and oxygen atoms in total. The third-order valence-electron chi connectivity index (χ3n) is 0. The second kappa shape index (κ2) is 15.7. The molecule has 0 saturated carbocycles. The summed E-state index contributed by atoms with van der Waals surface area (Å²) in [5, 5.41) is 13.9. The van der Waals surface area contributed by atoms with Gasteiger partial charge in [-0.2, -0.15) is 0 Å². The number of hydrogen-bond donors (Lipinski definition) is 2. The number of hydrogen-bond acceptors (Lipinski definition) is 1. The van der Waals surface area contributed by atoms with Gasteiger partial charge in [0.25, 0.3) is 0 Å². The Kier molecular flexibility index (Phi) is 30.8. The van der Waals surface area contributed by atoms with Gasteiger partial charge in [-0.05, 0) is 0 Å². The van der Waals surface area contributed by atoms with E-state index in [1.54, 1.807) is 0 Å². The van der Waals surface area contributed by atoms with E-state index in [0.717, 1.165) is 0 Å². The van der Waals surface area contributed by atoms with E-state index < -0.39 is 6.16 Å². The van der Waals surface area contributed by atoms with Crippen LogP contribution >= 0.6 is 0 Å². The van der Waals surface area contributed by atoms with E-state index in [4.69, 9.17) is 15.0 Å². The minimum absolute atomic E-state index is 0. The van der Waals surface area contributed by atoms with Gasteiger partial charge in [-0.3, -0.25) is 0 Å². The first-order valence-electron chi connectivity index (χ1n) is 2.07. The average molecular weight is 350 g/mol. The second-order valence-corrected chi connectivity index (χ2v) is 0.990. The van der Waals surface area contributed by atoms with Crippen LogP contribution in [0.15, 0.2) is 0 Å². The van der Waals surface area contributed by atoms with Crippen molar-refractivity contribution in [1.82, 2.24) is 0 Å². The minimum atomic E-state index is -1.83. The summed E-state index contributed by atoms with van der Waals surface area (Å²) < 4.78 is 0. The van der Waals surface area contributed by atoms with E-state index >= 15 is 0 Å². The molecule has 8 heavy (non-hydrogen) atoms. The maximum absolute atomic E-state index is 8.56. The monoisotopic (exact) mass is 344 g/mol. The quantitative estimate of drug-likeness (QED) is 0.699. The molecule has 4 heteroatoms. The molecule has 0 aliphatic heterocycles. The first kappa shape index (κ1) is 15.7. The molecule has 0 radical (unpaired) electrons. The summed E-state index contributed by atoms with van der Waals surface area (Å²) in [4.78, 5) is 8.56. The molecule has 0 amide bonds. The summed E-state index contributed by atoms with van der Waals surface area (Å²) in [5.74, 6) is 0. The fraction of sp³-hybridized carbons (Fsp3) is 0.750. The summed E-state index contributed by atoms with van der Waals surface area (Å²) in [6, 6.07) is 0. The van der Waals surface area contributed by atoms with Gasteiger partial charge in [0, 0.05) is 29.2 Å². The maximum Gasteiger partial charge on any atom is 0.503 e. The summed E-state index contributed by atoms with van der Waals surface area (Å²) >= 11 is 0. The molecule has 50 valence electrons. The van der Waals surface area contributed by atoms with Gasteiger partial charge >= 0.3 is 6.16 Å². The fourth-order valence-corrected chi connectivity index (χ4v) is 0. The third-order valence-corrected chi connectivity index (χ3v) is 0. The van der Waals surface area contributed by atoms with Crippen LogP contribution < -0.4 is 0 Å². The zero-order valence-corrected chi connectivity index (χ0v) is 8.32. The Labute approximate surface area is 70.6 Å². The molecule has 0 aromatic carbocycles. The third kappa shape index (κ3) is 2620. The van der Waals surface area contributed by atoms with Crippen LogP contribution in [0.4, 0.5) is 4.79 Å². The van der Waals surface area contributed by atoms with Crippen LogP contribution in [0.5, 0.6) is 0 Å². The summed E-state index contributed by atoms with van der Waals surface area (Å²) in [5.41, 5.74) is 0. The van der Waals surface area contributed by atoms with E-state index in [9.17, 15) is 0 Å². The van der Waals surface area contributed by atoms with Crippen molar-refractivity contribution in [2.45, 2.75) is 20.3 Å². The van der Waals surface area contributed by atoms with Crippen LogP contribution in [0.1, 0.15) is 20.3 Å². The van der Waals surface area contributed by atoms with Crippen LogP contribution in [0.25, 0.3) is 0 Å². The van der Waals surface area contributed by atoms with Gasteiger partial charge in [-0.15, -0.1) is 0 Å². The predicted molar refractivity (Wildman–Crippen MR) is 26.6 cm³/mol. The van der Waals surface area contributed by atoms with Crippen molar-refractivity contribution in [3.05, 3.63) is 0 Å². The van der Waals surface area contributed by atoms with Crippen LogP contribution in [0.2, 0.25) is 0 Å². The Bertz CT molecular complexity index is 42.5. The molecule has 0 fully saturated rings. The number of carbonyl (C=O) groups is 1. The van der Waals surface area contributed by atoms with Crippen LogP contribution in [0, 0.1) is 29.2 Å². The zero-order valence-electron chi connectivity index (χ0n) is 4.92. The zero-order chi connectivity index (χ0) is 6.28. The molecule has 0 rings (SSSR count). The molecule has 0 saturated heterocycles. The normalized spacial score (nSPS) is 5.25. The SMILES string of the molecule is CCC.O=C(O)O.[Pu]. The van der Waals surface area contributed by atoms with Crippen molar-refractivity contribution < 1.29 is 44.2 Å². The summed E-state index contributed by atoms with van der Waals surface area (Å²) in [7, 11) is 0. The molecular weight excluding hydrogens is 340 g/mol. The molecule has 0 spiro atoms. The molecule has 0 heterocycles. The van der Waals surface area contributed by atoms with Gasteiger partial charge in [-0.25, -0.2) is 4.79 Å². The van der Waals surface area contributed by atoms with Crippen molar-refractivity contribution in [3.63, 3.8) is 0 Å². The van der Waals surface area contributed by atoms with E-state index in [-0.39, 0.29) is 29.2 Å². The van der Waals surface area contributed by atoms with E-state index in [2.05, 4.69) is 13.8 Å². The van der Waals surface area contributed by atoms with Gasteiger partial charge in [0.1, 0.15) is 0 Å². The van der Waals surface area contributed by atoms with Crippen LogP contribution in [-0.2, 0) is 0 Å². The standard InChI is InChI=1S/C3H8.CH2O3.Pu/c1-3-2;2-1(3)4;/h3H2,1-2H3;(H2,2,3,4);. The predicted octanol–water partition coefficient (Wildman–Crippen LogP) is 1.64. The smallest absolute Gasteiger partial charge is 0.450 e. The molecule has 0 bridgehead atoms. The first-order valence-corrected chi connectivity index (χ1v) is 2.07. The number of carboxylic acid groups (broad SMARTS) is 2. The van der Waals surface area contributed by atoms with Crippen molar-refractivity contribution in [1.29, 1.82) is 0 Å². The van der Waals surface area contributed by atoms with Gasteiger partial charge in [0.05, 0.1) is 0 Å². The summed E-state index contributed by atoms with van der Waals surface area (Å²) in [6.45, 7) is 4.25. The maximum atomic E-state index is 8.56. The largest absolute Gasteiger partial charge is 0.503 e. The Morgan fingerprint density at radius 1 is 1.38 bits per heavy atom. The topological polar surface area (TPSA) is 57.5 Å². The molecule has 0 unspecified atom stereocenters. The first-order chi connectivity index (χ1) is 3.15. The van der Waals surface area contributed by atoms with E-state index in [0.29, 0.717) is 0 Å². The molecule has 2 N–H and O–H groups in total. The second-order valence-electron chi connectivity index (χ2n) is 0.990. The van der Waals surface area contributed by atoms with Crippen LogP contribution in [-0.4, -0.2) is 16.4 Å². The Balaban J connectivity index is -0.0000000575. The molecule has 0 aliphatic rings. The van der Waals surface area contributed by atoms with Crippen LogP contribution in [0.3, 0.4) is 0 Å². The van der Waals surface area contributed by atoms with E-state index in [1.165, 1.54) is 6.42 Å². The Hall–Kier alpha value is 0.257. The molecular formula is C4H10O3Pu. The van der Waals surface area contributed by atoms with Gasteiger partial charge in [-0.1, -0.05) is 20.3 Å². The molecule has 0 aromatic rings. The van der Waals surface area contributed by atoms with Crippen molar-refractivity contribution in [3.8, 4) is 0 Å². The molecule has 0 atom stereocenters. The van der Waals surface area contributed by atoms with Gasteiger partial charge in [0.2, 0.25) is 0 Å². The van der Waals surface area contributed by atoms with Gasteiger partial charge < -0.3 is 10.2 Å². The Morgan fingerprint density at radius 3 is 1.38 bits per heavy atom. The average Bonchev–Trinajstić information content (AvgIpc) is 1.33. The van der Waals surface area contributed by atoms with Crippen molar-refractivity contribution in [2.24, 2.45) is 0 Å². The molecule has 0 aliphatic carbocycles. The van der Waals surface area contributed by atoms with Crippen molar-refractivity contribution in [2.75, 3.05) is 0 Å². The fourth-order valence-electron chi connectivity index (χ4n) is 0. The Morgan fingerprint density at radius 2 is 1.38 bits per heavy atom. The molecule has 0 aromatic heterocycles. The minimum Gasteiger partial charge on any atom is -0.450 e. The summed E-state index contributed by atoms with van der Waals surface area (Å²) in [6.07, 6.45) is -0.583.